The van der Waals surface area contributed by atoms with E-state index in [1.165, 1.54) is 50.8 Å². The lowest BCUT2D eigenvalue weighted by atomic mass is 9.48. The normalized spacial score (nSPS) is 34.2. The molecule has 4 heteroatoms. The minimum Gasteiger partial charge on any atom is -0.335 e. The molecule has 25 heavy (non-hydrogen) atoms. The quantitative estimate of drug-likeness (QED) is 0.818. The van der Waals surface area contributed by atoms with Crippen LogP contribution in [0.4, 0.5) is 9.18 Å². The van der Waals surface area contributed by atoms with Crippen LogP contribution in [0.25, 0.3) is 6.08 Å². The zero-order valence-electron chi connectivity index (χ0n) is 14.8. The van der Waals surface area contributed by atoms with Crippen LogP contribution in [0.5, 0.6) is 0 Å². The van der Waals surface area contributed by atoms with Crippen LogP contribution in [-0.2, 0) is 0 Å². The van der Waals surface area contributed by atoms with Crippen LogP contribution in [0.15, 0.2) is 30.5 Å². The van der Waals surface area contributed by atoms with Gasteiger partial charge in [-0.3, -0.25) is 0 Å². The van der Waals surface area contributed by atoms with Crippen LogP contribution in [0, 0.1) is 29.0 Å². The second-order valence-corrected chi connectivity index (χ2v) is 8.47. The van der Waals surface area contributed by atoms with Gasteiger partial charge in [-0.15, -0.1) is 0 Å². The lowest BCUT2D eigenvalue weighted by molar-refractivity contribution is -0.0681. The Morgan fingerprint density at radius 3 is 2.36 bits per heavy atom. The van der Waals surface area contributed by atoms with Crippen LogP contribution in [0.1, 0.15) is 51.0 Å². The van der Waals surface area contributed by atoms with E-state index in [-0.39, 0.29) is 17.9 Å². The number of nitrogens with one attached hydrogen (secondary N) is 2. The van der Waals surface area contributed by atoms with Crippen LogP contribution < -0.4 is 10.6 Å². The second kappa shape index (κ2) is 6.47. The molecule has 0 saturated heterocycles. The molecule has 4 saturated carbocycles. The van der Waals surface area contributed by atoms with Crippen LogP contribution in [-0.4, -0.2) is 12.1 Å². The Morgan fingerprint density at radius 2 is 1.76 bits per heavy atom. The second-order valence-electron chi connectivity index (χ2n) is 8.47. The van der Waals surface area contributed by atoms with Gasteiger partial charge in [-0.1, -0.05) is 18.2 Å². The summed E-state index contributed by atoms with van der Waals surface area (Å²) in [7, 11) is 0. The summed E-state index contributed by atoms with van der Waals surface area (Å²) in [5, 5.41) is 5.87. The summed E-state index contributed by atoms with van der Waals surface area (Å²) in [6.45, 7) is 2.16. The minimum absolute atomic E-state index is 0.183. The summed E-state index contributed by atoms with van der Waals surface area (Å²) in [4.78, 5) is 12.3. The summed E-state index contributed by atoms with van der Waals surface area (Å²) < 4.78 is 13.6. The Bertz CT molecular complexity index is 649. The van der Waals surface area contributed by atoms with Gasteiger partial charge in [0.05, 0.1) is 0 Å². The molecule has 4 fully saturated rings. The number of carbonyl (C=O) groups is 1. The van der Waals surface area contributed by atoms with Crippen molar-refractivity contribution in [2.45, 2.75) is 51.5 Å². The number of hydrogen-bond acceptors (Lipinski definition) is 1. The Balaban J connectivity index is 1.34. The fraction of sp³-hybridized carbons (Fsp3) is 0.571. The van der Waals surface area contributed by atoms with E-state index < -0.39 is 0 Å². The SMILES string of the molecule is CC(NC(=O)N/C=C/c1ccccc1F)C12CC3CC(CC(C3)C1)C2. The van der Waals surface area contributed by atoms with Gasteiger partial charge in [-0.2, -0.15) is 0 Å². The molecule has 0 aliphatic heterocycles. The van der Waals surface area contributed by atoms with Gasteiger partial charge in [0.1, 0.15) is 5.82 Å². The highest BCUT2D eigenvalue weighted by Crippen LogP contribution is 2.61. The van der Waals surface area contributed by atoms with Gasteiger partial charge in [-0.05, 0) is 80.8 Å². The lowest BCUT2D eigenvalue weighted by Gasteiger charge is -2.59. The molecule has 1 aromatic rings. The van der Waals surface area contributed by atoms with Crippen molar-refractivity contribution in [3.63, 3.8) is 0 Å². The molecule has 4 aliphatic carbocycles. The summed E-state index contributed by atoms with van der Waals surface area (Å²) in [6.07, 6.45) is 11.1. The molecule has 0 spiro atoms. The molecule has 1 aromatic carbocycles. The third kappa shape index (κ3) is 3.31. The summed E-state index contributed by atoms with van der Waals surface area (Å²) >= 11 is 0. The van der Waals surface area contributed by atoms with Crippen molar-refractivity contribution in [1.82, 2.24) is 10.6 Å². The highest BCUT2D eigenvalue weighted by atomic mass is 19.1. The van der Waals surface area contributed by atoms with Gasteiger partial charge in [0.2, 0.25) is 0 Å². The maximum absolute atomic E-state index is 13.6. The fourth-order valence-electron chi connectivity index (χ4n) is 5.92. The predicted molar refractivity (Wildman–Crippen MR) is 97.2 cm³/mol. The first-order valence-corrected chi connectivity index (χ1v) is 9.52. The molecule has 1 atom stereocenters. The van der Waals surface area contributed by atoms with Crippen LogP contribution in [0.3, 0.4) is 0 Å². The van der Waals surface area contributed by atoms with E-state index in [0.717, 1.165) is 17.8 Å². The van der Waals surface area contributed by atoms with Crippen molar-refractivity contribution in [1.29, 1.82) is 0 Å². The monoisotopic (exact) mass is 342 g/mol. The number of hydrogen-bond donors (Lipinski definition) is 2. The topological polar surface area (TPSA) is 41.1 Å². The molecule has 134 valence electrons. The van der Waals surface area contributed by atoms with Crippen molar-refractivity contribution in [3.05, 3.63) is 41.8 Å². The number of carbonyl (C=O) groups excluding carboxylic acids is 1. The Morgan fingerprint density at radius 1 is 1.16 bits per heavy atom. The summed E-state index contributed by atoms with van der Waals surface area (Å²) in [5.41, 5.74) is 0.762. The minimum atomic E-state index is -0.289. The first-order chi connectivity index (χ1) is 12.0. The highest BCUT2D eigenvalue weighted by Gasteiger charge is 2.53. The van der Waals surface area contributed by atoms with Crippen molar-refractivity contribution in [3.8, 4) is 0 Å². The van der Waals surface area contributed by atoms with Gasteiger partial charge < -0.3 is 10.6 Å². The smallest absolute Gasteiger partial charge is 0.318 e. The number of halogens is 1. The van der Waals surface area contributed by atoms with E-state index in [0.29, 0.717) is 11.0 Å². The standard InChI is InChI=1S/C21H27FN2O/c1-14(21-11-15-8-16(12-21)10-17(9-15)13-21)24-20(25)23-7-6-18-4-2-3-5-19(18)22/h2-7,14-17H,8-13H2,1H3,(H2,23,24,25)/b7-6+. The Hall–Kier alpha value is -1.84. The van der Waals surface area contributed by atoms with Crippen LogP contribution >= 0.6 is 0 Å². The van der Waals surface area contributed by atoms with Gasteiger partial charge in [0, 0.05) is 17.8 Å². The Kier molecular flexibility index (Phi) is 4.30. The molecule has 4 bridgehead atoms. The maximum Gasteiger partial charge on any atom is 0.318 e. The molecule has 4 aliphatic rings. The third-order valence-corrected chi connectivity index (χ3v) is 6.73. The molecular formula is C21H27FN2O. The van der Waals surface area contributed by atoms with Crippen molar-refractivity contribution >= 4 is 12.1 Å². The first kappa shape index (κ1) is 16.6. The summed E-state index contributed by atoms with van der Waals surface area (Å²) in [5.74, 6) is 2.33. The van der Waals surface area contributed by atoms with Crippen molar-refractivity contribution in [2.75, 3.05) is 0 Å². The lowest BCUT2D eigenvalue weighted by Crippen LogP contribution is -2.56. The van der Waals surface area contributed by atoms with Gasteiger partial charge in [0.25, 0.3) is 0 Å². The molecule has 1 unspecified atom stereocenters. The van der Waals surface area contributed by atoms with Crippen molar-refractivity contribution in [2.24, 2.45) is 23.2 Å². The largest absolute Gasteiger partial charge is 0.335 e. The molecule has 0 heterocycles. The average molecular weight is 342 g/mol. The highest BCUT2D eigenvalue weighted by molar-refractivity contribution is 5.76. The first-order valence-electron chi connectivity index (χ1n) is 9.52. The molecule has 2 amide bonds. The predicted octanol–water partition coefficient (Wildman–Crippen LogP) is 4.70. The van der Waals surface area contributed by atoms with Gasteiger partial charge >= 0.3 is 6.03 Å². The average Bonchev–Trinajstić information content (AvgIpc) is 2.55. The van der Waals surface area contributed by atoms with Gasteiger partial charge in [0.15, 0.2) is 0 Å². The van der Waals surface area contributed by atoms with Crippen molar-refractivity contribution < 1.29 is 9.18 Å². The molecular weight excluding hydrogens is 315 g/mol. The van der Waals surface area contributed by atoms with E-state index in [1.807, 2.05) is 0 Å². The molecule has 5 rings (SSSR count). The Labute approximate surface area is 149 Å². The number of amides is 2. The zero-order valence-corrected chi connectivity index (χ0v) is 14.8. The summed E-state index contributed by atoms with van der Waals surface area (Å²) in [6, 6.07) is 6.51. The molecule has 0 radical (unpaired) electrons. The van der Waals surface area contributed by atoms with E-state index in [2.05, 4.69) is 17.6 Å². The van der Waals surface area contributed by atoms with E-state index in [4.69, 9.17) is 0 Å². The zero-order chi connectivity index (χ0) is 17.4. The molecule has 2 N–H and O–H groups in total. The van der Waals surface area contributed by atoms with E-state index in [9.17, 15) is 9.18 Å². The van der Waals surface area contributed by atoms with Gasteiger partial charge in [-0.25, -0.2) is 9.18 Å². The molecule has 0 aromatic heterocycles. The van der Waals surface area contributed by atoms with Crippen LogP contribution in [0.2, 0.25) is 0 Å². The third-order valence-electron chi connectivity index (χ3n) is 6.73. The molecule has 3 nitrogen and oxygen atoms in total. The number of urea groups is 1. The van der Waals surface area contributed by atoms with E-state index >= 15 is 0 Å². The maximum atomic E-state index is 13.6. The number of benzene rings is 1. The number of rotatable bonds is 4. The fourth-order valence-corrected chi connectivity index (χ4v) is 5.92. The van der Waals surface area contributed by atoms with E-state index in [1.54, 1.807) is 24.3 Å².